The van der Waals surface area contributed by atoms with Gasteiger partial charge in [-0.15, -0.1) is 0 Å². The Kier molecular flexibility index (Phi) is 4.20. The molecule has 1 aliphatic rings. The second-order valence-corrected chi connectivity index (χ2v) is 4.74. The molecule has 0 aliphatic carbocycles. The number of ether oxygens (including phenoxy) is 2. The highest BCUT2D eigenvalue weighted by Crippen LogP contribution is 2.32. The quantitative estimate of drug-likeness (QED) is 0.695. The number of nitrogens with one attached hydrogen (secondary N) is 1. The van der Waals surface area contributed by atoms with Crippen LogP contribution in [0.5, 0.6) is 11.5 Å². The van der Waals surface area contributed by atoms with Gasteiger partial charge in [-0.05, 0) is 30.3 Å². The first-order chi connectivity index (χ1) is 11.3. The summed E-state index contributed by atoms with van der Waals surface area (Å²) in [6.45, 7) is 0.970. The van der Waals surface area contributed by atoms with Crippen LogP contribution in [-0.2, 0) is 4.79 Å². The Morgan fingerprint density at radius 1 is 1.22 bits per heavy atom. The lowest BCUT2D eigenvalue weighted by atomic mass is 10.2. The van der Waals surface area contributed by atoms with E-state index in [2.05, 4.69) is 10.3 Å². The molecule has 0 unspecified atom stereocenters. The number of rotatable bonds is 3. The van der Waals surface area contributed by atoms with Crippen molar-refractivity contribution >= 4 is 17.7 Å². The van der Waals surface area contributed by atoms with Gasteiger partial charge in [-0.25, -0.2) is 0 Å². The largest absolute Gasteiger partial charge is 0.486 e. The topological polar surface area (TPSA) is 84.2 Å². The molecule has 23 heavy (non-hydrogen) atoms. The van der Waals surface area contributed by atoms with E-state index in [0.29, 0.717) is 36.1 Å². The van der Waals surface area contributed by atoms with Gasteiger partial charge in [-0.3, -0.25) is 9.78 Å². The van der Waals surface area contributed by atoms with Gasteiger partial charge < -0.3 is 14.8 Å². The summed E-state index contributed by atoms with van der Waals surface area (Å²) in [5.41, 5.74) is 1.04. The van der Waals surface area contributed by atoms with E-state index in [4.69, 9.17) is 9.47 Å². The van der Waals surface area contributed by atoms with Gasteiger partial charge in [0.25, 0.3) is 5.91 Å². The normalized spacial score (nSPS) is 13.1. The van der Waals surface area contributed by atoms with Crippen LogP contribution in [0.25, 0.3) is 6.08 Å². The second-order valence-electron chi connectivity index (χ2n) is 4.74. The summed E-state index contributed by atoms with van der Waals surface area (Å²) in [7, 11) is 0. The van der Waals surface area contributed by atoms with E-state index in [-0.39, 0.29) is 5.57 Å². The molecule has 1 aromatic carbocycles. The summed E-state index contributed by atoms with van der Waals surface area (Å²) in [5, 5.41) is 11.8. The minimum Gasteiger partial charge on any atom is -0.486 e. The third-order valence-corrected chi connectivity index (χ3v) is 3.15. The number of carbonyl (C=O) groups is 1. The molecule has 1 aliphatic heterocycles. The summed E-state index contributed by atoms with van der Waals surface area (Å²) < 4.78 is 10.9. The molecule has 6 heteroatoms. The molecule has 0 bridgehead atoms. The highest BCUT2D eigenvalue weighted by atomic mass is 16.6. The van der Waals surface area contributed by atoms with Crippen LogP contribution in [0.4, 0.5) is 5.69 Å². The van der Waals surface area contributed by atoms with Crippen LogP contribution in [0, 0.1) is 11.3 Å². The molecule has 6 nitrogen and oxygen atoms in total. The first-order valence-corrected chi connectivity index (χ1v) is 7.00. The Hall–Kier alpha value is -3.33. The maximum absolute atomic E-state index is 12.2. The van der Waals surface area contributed by atoms with E-state index < -0.39 is 5.91 Å². The SMILES string of the molecule is N#C/C(=C\c1ccccn1)C(=O)Nc1ccc2c(c1)OCCO2. The molecule has 0 atom stereocenters. The van der Waals surface area contributed by atoms with Gasteiger partial charge in [0, 0.05) is 18.0 Å². The van der Waals surface area contributed by atoms with Crippen LogP contribution in [0.3, 0.4) is 0 Å². The molecule has 0 saturated heterocycles. The van der Waals surface area contributed by atoms with Crippen molar-refractivity contribution in [1.82, 2.24) is 4.98 Å². The number of hydrogen-bond donors (Lipinski definition) is 1. The lowest BCUT2D eigenvalue weighted by Crippen LogP contribution is -2.17. The molecular formula is C17H13N3O3. The Labute approximate surface area is 133 Å². The maximum Gasteiger partial charge on any atom is 0.266 e. The maximum atomic E-state index is 12.2. The predicted molar refractivity (Wildman–Crippen MR) is 83.9 cm³/mol. The van der Waals surface area contributed by atoms with Gasteiger partial charge in [-0.1, -0.05) is 6.07 Å². The van der Waals surface area contributed by atoms with Gasteiger partial charge in [0.15, 0.2) is 11.5 Å². The minimum absolute atomic E-state index is 0.0291. The highest BCUT2D eigenvalue weighted by molar-refractivity contribution is 6.09. The predicted octanol–water partition coefficient (Wildman–Crippen LogP) is 2.40. The summed E-state index contributed by atoms with van der Waals surface area (Å²) in [6.07, 6.45) is 3.03. The molecule has 2 heterocycles. The number of aromatic nitrogens is 1. The van der Waals surface area contributed by atoms with Crippen molar-refractivity contribution in [3.63, 3.8) is 0 Å². The van der Waals surface area contributed by atoms with Crippen molar-refractivity contribution in [3.05, 3.63) is 53.9 Å². The zero-order valence-corrected chi connectivity index (χ0v) is 12.2. The first-order valence-electron chi connectivity index (χ1n) is 7.00. The number of pyridine rings is 1. The van der Waals surface area contributed by atoms with Gasteiger partial charge >= 0.3 is 0 Å². The van der Waals surface area contributed by atoms with Crippen LogP contribution in [0.1, 0.15) is 5.69 Å². The fraction of sp³-hybridized carbons (Fsp3) is 0.118. The zero-order valence-electron chi connectivity index (χ0n) is 12.2. The van der Waals surface area contributed by atoms with E-state index in [1.165, 1.54) is 6.08 Å². The Bertz CT molecular complexity index is 794. The van der Waals surface area contributed by atoms with Crippen molar-refractivity contribution in [2.45, 2.75) is 0 Å². The van der Waals surface area contributed by atoms with Crippen molar-refractivity contribution in [2.75, 3.05) is 18.5 Å². The molecule has 1 N–H and O–H groups in total. The van der Waals surface area contributed by atoms with Gasteiger partial charge in [-0.2, -0.15) is 5.26 Å². The van der Waals surface area contributed by atoms with E-state index in [1.807, 2.05) is 6.07 Å². The third kappa shape index (κ3) is 3.47. The molecule has 2 aromatic rings. The van der Waals surface area contributed by atoms with Crippen LogP contribution >= 0.6 is 0 Å². The lowest BCUT2D eigenvalue weighted by Gasteiger charge is -2.18. The van der Waals surface area contributed by atoms with Crippen LogP contribution < -0.4 is 14.8 Å². The lowest BCUT2D eigenvalue weighted by molar-refractivity contribution is -0.112. The Morgan fingerprint density at radius 3 is 2.78 bits per heavy atom. The standard InChI is InChI=1S/C17H13N3O3/c18-11-12(9-13-3-1-2-6-19-13)17(21)20-14-4-5-15-16(10-14)23-8-7-22-15/h1-6,9-10H,7-8H2,(H,20,21)/b12-9+. The highest BCUT2D eigenvalue weighted by Gasteiger charge is 2.14. The molecule has 0 saturated carbocycles. The molecular weight excluding hydrogens is 294 g/mol. The van der Waals surface area contributed by atoms with E-state index >= 15 is 0 Å². The van der Waals surface area contributed by atoms with Crippen LogP contribution in [0.15, 0.2) is 48.2 Å². The van der Waals surface area contributed by atoms with Crippen molar-refractivity contribution in [3.8, 4) is 17.6 Å². The third-order valence-electron chi connectivity index (χ3n) is 3.15. The summed E-state index contributed by atoms with van der Waals surface area (Å²) in [6, 6.07) is 12.2. The number of nitrogens with zero attached hydrogens (tertiary/aromatic N) is 2. The van der Waals surface area contributed by atoms with Crippen LogP contribution in [-0.4, -0.2) is 24.1 Å². The monoisotopic (exact) mass is 307 g/mol. The van der Waals surface area contributed by atoms with Gasteiger partial charge in [0.05, 0.1) is 5.69 Å². The Balaban J connectivity index is 1.78. The zero-order chi connectivity index (χ0) is 16.1. The fourth-order valence-corrected chi connectivity index (χ4v) is 2.08. The van der Waals surface area contributed by atoms with Crippen LogP contribution in [0.2, 0.25) is 0 Å². The number of amides is 1. The van der Waals surface area contributed by atoms with Crippen molar-refractivity contribution in [2.24, 2.45) is 0 Å². The average Bonchev–Trinajstić information content (AvgIpc) is 2.60. The number of hydrogen-bond acceptors (Lipinski definition) is 5. The molecule has 1 aromatic heterocycles. The number of carbonyl (C=O) groups excluding carboxylic acids is 1. The number of nitriles is 1. The summed E-state index contributed by atoms with van der Waals surface area (Å²) >= 11 is 0. The van der Waals surface area contributed by atoms with Crippen molar-refractivity contribution in [1.29, 1.82) is 5.26 Å². The van der Waals surface area contributed by atoms with Gasteiger partial charge in [0.1, 0.15) is 24.9 Å². The molecule has 1 amide bonds. The number of fused-ring (bicyclic) bond motifs is 1. The van der Waals surface area contributed by atoms with Crippen molar-refractivity contribution < 1.29 is 14.3 Å². The van der Waals surface area contributed by atoms with E-state index in [1.54, 1.807) is 42.6 Å². The minimum atomic E-state index is -0.505. The second kappa shape index (κ2) is 6.62. The average molecular weight is 307 g/mol. The molecule has 3 rings (SSSR count). The van der Waals surface area contributed by atoms with E-state index in [9.17, 15) is 10.1 Å². The molecule has 0 radical (unpaired) electrons. The number of anilines is 1. The summed E-state index contributed by atoms with van der Waals surface area (Å²) in [5.74, 6) is 0.704. The smallest absolute Gasteiger partial charge is 0.266 e. The molecule has 0 fully saturated rings. The first kappa shape index (κ1) is 14.6. The molecule has 114 valence electrons. The number of benzene rings is 1. The Morgan fingerprint density at radius 2 is 2.04 bits per heavy atom. The van der Waals surface area contributed by atoms with E-state index in [0.717, 1.165) is 0 Å². The molecule has 0 spiro atoms. The summed E-state index contributed by atoms with van der Waals surface area (Å²) in [4.78, 5) is 16.3. The fourth-order valence-electron chi connectivity index (χ4n) is 2.08. The van der Waals surface area contributed by atoms with Gasteiger partial charge in [0.2, 0.25) is 0 Å².